The van der Waals surface area contributed by atoms with Crippen LogP contribution in [0.25, 0.3) is 0 Å². The Bertz CT molecular complexity index is 787. The van der Waals surface area contributed by atoms with Gasteiger partial charge in [-0.25, -0.2) is 9.97 Å². The van der Waals surface area contributed by atoms with Crippen molar-refractivity contribution in [2.75, 3.05) is 43.0 Å². The molecule has 2 aromatic rings. The normalized spacial score (nSPS) is 24.5. The van der Waals surface area contributed by atoms with E-state index in [1.807, 2.05) is 44.5 Å². The van der Waals surface area contributed by atoms with E-state index in [0.29, 0.717) is 13.1 Å². The van der Waals surface area contributed by atoms with Crippen LogP contribution in [-0.2, 0) is 11.8 Å². The summed E-state index contributed by atoms with van der Waals surface area (Å²) in [5, 5.41) is 4.21. The molecule has 25 heavy (non-hydrogen) atoms. The van der Waals surface area contributed by atoms with Crippen LogP contribution in [0.1, 0.15) is 12.0 Å². The van der Waals surface area contributed by atoms with Crippen LogP contribution in [0.2, 0.25) is 0 Å². The summed E-state index contributed by atoms with van der Waals surface area (Å²) in [4.78, 5) is 27.7. The minimum absolute atomic E-state index is 0.0853. The van der Waals surface area contributed by atoms with Gasteiger partial charge in [0, 0.05) is 45.3 Å². The van der Waals surface area contributed by atoms with Crippen LogP contribution in [0.3, 0.4) is 0 Å². The number of carbonyl (C=O) groups excluding carboxylic acids is 1. The highest BCUT2D eigenvalue weighted by molar-refractivity contribution is 5.95. The van der Waals surface area contributed by atoms with E-state index in [2.05, 4.69) is 24.9 Å². The zero-order chi connectivity index (χ0) is 17.6. The fraction of sp³-hybridized carbons (Fsp3) is 0.529. The first-order valence-electron chi connectivity index (χ1n) is 8.51. The molecule has 0 aliphatic carbocycles. The van der Waals surface area contributed by atoms with E-state index in [0.717, 1.165) is 36.7 Å². The van der Waals surface area contributed by atoms with Crippen LogP contribution in [0, 0.1) is 6.92 Å². The van der Waals surface area contributed by atoms with Crippen LogP contribution >= 0.6 is 0 Å². The average Bonchev–Trinajstić information content (AvgIpc) is 3.20. The molecule has 2 aromatic heterocycles. The molecule has 2 aliphatic rings. The van der Waals surface area contributed by atoms with E-state index in [1.165, 1.54) is 0 Å². The SMILES string of the molecule is Cc1cnc(N2CC[C@]3(C2)CN(c2cnn(C)c2)C(=O)CN3C)nc1. The van der Waals surface area contributed by atoms with E-state index in [-0.39, 0.29) is 11.4 Å². The number of piperazine rings is 1. The molecule has 0 aromatic carbocycles. The number of likely N-dealkylation sites (N-methyl/N-ethyl adjacent to an activating group) is 1. The van der Waals surface area contributed by atoms with Crippen molar-refractivity contribution in [3.05, 3.63) is 30.4 Å². The van der Waals surface area contributed by atoms with Gasteiger partial charge >= 0.3 is 0 Å². The first-order chi connectivity index (χ1) is 12.0. The molecule has 0 bridgehead atoms. The van der Waals surface area contributed by atoms with E-state index in [4.69, 9.17) is 0 Å². The number of rotatable bonds is 2. The molecule has 4 heterocycles. The first-order valence-corrected chi connectivity index (χ1v) is 8.51. The third-order valence-electron chi connectivity index (χ3n) is 5.32. The zero-order valence-electron chi connectivity index (χ0n) is 14.9. The van der Waals surface area contributed by atoms with Crippen LogP contribution < -0.4 is 9.80 Å². The number of hydrogen-bond donors (Lipinski definition) is 0. The molecule has 132 valence electrons. The fourth-order valence-electron chi connectivity index (χ4n) is 3.76. The maximum atomic E-state index is 12.6. The zero-order valence-corrected chi connectivity index (χ0v) is 14.9. The van der Waals surface area contributed by atoms with Crippen LogP contribution in [0.4, 0.5) is 11.6 Å². The van der Waals surface area contributed by atoms with Crippen molar-refractivity contribution in [2.45, 2.75) is 18.9 Å². The third kappa shape index (κ3) is 2.76. The lowest BCUT2D eigenvalue weighted by Gasteiger charge is -2.46. The average molecular weight is 341 g/mol. The summed E-state index contributed by atoms with van der Waals surface area (Å²) in [6, 6.07) is 0. The van der Waals surface area contributed by atoms with Crippen molar-refractivity contribution in [2.24, 2.45) is 7.05 Å². The smallest absolute Gasteiger partial charge is 0.241 e. The minimum Gasteiger partial charge on any atom is -0.339 e. The molecular formula is C17H23N7O. The molecule has 1 atom stereocenters. The molecule has 2 fully saturated rings. The molecule has 8 heteroatoms. The monoisotopic (exact) mass is 341 g/mol. The number of amides is 1. The lowest BCUT2D eigenvalue weighted by Crippen LogP contribution is -2.64. The number of hydrogen-bond acceptors (Lipinski definition) is 6. The molecule has 0 saturated carbocycles. The maximum absolute atomic E-state index is 12.6. The Morgan fingerprint density at radius 1 is 1.12 bits per heavy atom. The summed E-state index contributed by atoms with van der Waals surface area (Å²) in [5.74, 6) is 0.881. The summed E-state index contributed by atoms with van der Waals surface area (Å²) in [7, 11) is 3.91. The highest BCUT2D eigenvalue weighted by atomic mass is 16.2. The topological polar surface area (TPSA) is 70.4 Å². The highest BCUT2D eigenvalue weighted by Gasteiger charge is 2.48. The number of anilines is 2. The minimum atomic E-state index is -0.0853. The molecule has 1 spiro atoms. The maximum Gasteiger partial charge on any atom is 0.241 e. The Balaban J connectivity index is 1.58. The molecular weight excluding hydrogens is 318 g/mol. The summed E-state index contributed by atoms with van der Waals surface area (Å²) in [6.45, 7) is 4.77. The molecule has 4 rings (SSSR count). The van der Waals surface area contributed by atoms with Gasteiger partial charge in [0.2, 0.25) is 11.9 Å². The highest BCUT2D eigenvalue weighted by Crippen LogP contribution is 2.34. The summed E-state index contributed by atoms with van der Waals surface area (Å²) in [6.07, 6.45) is 8.33. The second kappa shape index (κ2) is 5.80. The van der Waals surface area contributed by atoms with Gasteiger partial charge in [-0.15, -0.1) is 0 Å². The van der Waals surface area contributed by atoms with Gasteiger partial charge in [-0.05, 0) is 26.0 Å². The van der Waals surface area contributed by atoms with Crippen LogP contribution in [0.15, 0.2) is 24.8 Å². The molecule has 0 radical (unpaired) electrons. The van der Waals surface area contributed by atoms with Gasteiger partial charge in [-0.2, -0.15) is 5.10 Å². The predicted octanol–water partition coefficient (Wildman–Crippen LogP) is 0.446. The molecule has 1 amide bonds. The van der Waals surface area contributed by atoms with E-state index >= 15 is 0 Å². The Morgan fingerprint density at radius 2 is 1.88 bits per heavy atom. The van der Waals surface area contributed by atoms with E-state index in [9.17, 15) is 4.79 Å². The standard InChI is InChI=1S/C17H23N7O/c1-13-6-18-16(19-7-13)23-5-4-17(11-23)12-24(15(25)10-21(17)2)14-8-20-22(3)9-14/h6-9H,4-5,10-12H2,1-3H3/t17-/m0/s1. The first kappa shape index (κ1) is 16.0. The van der Waals surface area contributed by atoms with Crippen molar-refractivity contribution in [1.29, 1.82) is 0 Å². The fourth-order valence-corrected chi connectivity index (χ4v) is 3.76. The van der Waals surface area contributed by atoms with Crippen molar-refractivity contribution in [3.63, 3.8) is 0 Å². The van der Waals surface area contributed by atoms with Gasteiger partial charge in [0.15, 0.2) is 0 Å². The van der Waals surface area contributed by atoms with Crippen molar-refractivity contribution < 1.29 is 4.79 Å². The molecule has 2 aliphatic heterocycles. The van der Waals surface area contributed by atoms with Crippen LogP contribution in [0.5, 0.6) is 0 Å². The number of aryl methyl sites for hydroxylation is 2. The lowest BCUT2D eigenvalue weighted by molar-refractivity contribution is -0.123. The summed E-state index contributed by atoms with van der Waals surface area (Å²) < 4.78 is 1.73. The van der Waals surface area contributed by atoms with Crippen molar-refractivity contribution in [1.82, 2.24) is 24.6 Å². The summed E-state index contributed by atoms with van der Waals surface area (Å²) >= 11 is 0. The van der Waals surface area contributed by atoms with Crippen molar-refractivity contribution in [3.8, 4) is 0 Å². The van der Waals surface area contributed by atoms with E-state index < -0.39 is 0 Å². The van der Waals surface area contributed by atoms with Gasteiger partial charge in [-0.3, -0.25) is 14.4 Å². The quantitative estimate of drug-likeness (QED) is 0.790. The van der Waals surface area contributed by atoms with E-state index in [1.54, 1.807) is 10.9 Å². The number of carbonyl (C=O) groups is 1. The van der Waals surface area contributed by atoms with Gasteiger partial charge in [0.25, 0.3) is 0 Å². The molecule has 0 N–H and O–H groups in total. The molecule has 2 saturated heterocycles. The van der Waals surface area contributed by atoms with Gasteiger partial charge in [0.05, 0.1) is 24.0 Å². The third-order valence-corrected chi connectivity index (χ3v) is 5.32. The Hall–Kier alpha value is -2.48. The lowest BCUT2D eigenvalue weighted by atomic mass is 9.93. The predicted molar refractivity (Wildman–Crippen MR) is 94.5 cm³/mol. The molecule has 8 nitrogen and oxygen atoms in total. The Labute approximate surface area is 147 Å². The van der Waals surface area contributed by atoms with Crippen LogP contribution in [-0.4, -0.2) is 69.3 Å². The Morgan fingerprint density at radius 3 is 2.56 bits per heavy atom. The second-order valence-corrected chi connectivity index (χ2v) is 7.16. The second-order valence-electron chi connectivity index (χ2n) is 7.16. The number of aromatic nitrogens is 4. The summed E-state index contributed by atoms with van der Waals surface area (Å²) in [5.41, 5.74) is 1.84. The van der Waals surface area contributed by atoms with Gasteiger partial charge in [-0.1, -0.05) is 0 Å². The largest absolute Gasteiger partial charge is 0.339 e. The van der Waals surface area contributed by atoms with Gasteiger partial charge < -0.3 is 9.80 Å². The molecule has 0 unspecified atom stereocenters. The Kier molecular flexibility index (Phi) is 3.72. The number of nitrogens with zero attached hydrogens (tertiary/aromatic N) is 7. The van der Waals surface area contributed by atoms with Gasteiger partial charge in [0.1, 0.15) is 0 Å². The van der Waals surface area contributed by atoms with Crippen molar-refractivity contribution >= 4 is 17.5 Å².